The van der Waals surface area contributed by atoms with Gasteiger partial charge in [-0.25, -0.2) is 0 Å². The molecule has 1 aromatic heterocycles. The van der Waals surface area contributed by atoms with Gasteiger partial charge in [0.1, 0.15) is 35.6 Å². The number of nitrogens with one attached hydrogen (secondary N) is 1. The van der Waals surface area contributed by atoms with Crippen LogP contribution >= 0.6 is 11.3 Å². The molecule has 9 heteroatoms. The van der Waals surface area contributed by atoms with E-state index in [-0.39, 0.29) is 5.57 Å². The third-order valence-electron chi connectivity index (χ3n) is 6.28. The van der Waals surface area contributed by atoms with E-state index in [1.165, 1.54) is 36.7 Å². The Bertz CT molecular complexity index is 1320. The topological polar surface area (TPSA) is 106 Å². The maximum atomic E-state index is 12.8. The lowest BCUT2D eigenvalue weighted by Gasteiger charge is -2.18. The predicted molar refractivity (Wildman–Crippen MR) is 148 cm³/mol. The number of nitriles is 1. The fourth-order valence-corrected chi connectivity index (χ4v) is 5.41. The van der Waals surface area contributed by atoms with E-state index < -0.39 is 5.91 Å². The Kier molecular flexibility index (Phi) is 9.33. The van der Waals surface area contributed by atoms with Crippen LogP contribution < -0.4 is 19.5 Å². The first-order chi connectivity index (χ1) is 18.4. The van der Waals surface area contributed by atoms with Crippen molar-refractivity contribution in [1.82, 2.24) is 10.2 Å². The molecular formula is C29H32N4O4S. The molecule has 1 fully saturated rings. The number of amides is 1. The second-order valence-corrected chi connectivity index (χ2v) is 10.3. The van der Waals surface area contributed by atoms with Crippen LogP contribution in [0.25, 0.3) is 6.08 Å². The van der Waals surface area contributed by atoms with Crippen LogP contribution in [0.5, 0.6) is 17.2 Å². The second-order valence-electron chi connectivity index (χ2n) is 9.33. The Labute approximate surface area is 227 Å². The largest absolute Gasteiger partial charge is 0.493 e. The van der Waals surface area contributed by atoms with Crippen molar-refractivity contribution < 1.29 is 19.0 Å². The number of hydrogen-bond acceptors (Lipinski definition) is 8. The lowest BCUT2D eigenvalue weighted by atomic mass is 9.90. The van der Waals surface area contributed by atoms with Crippen LogP contribution in [0.3, 0.4) is 0 Å². The Balaban J connectivity index is 1.35. The molecule has 0 bridgehead atoms. The van der Waals surface area contributed by atoms with E-state index in [1.54, 1.807) is 25.3 Å². The van der Waals surface area contributed by atoms with E-state index in [2.05, 4.69) is 21.6 Å². The molecule has 3 aromatic rings. The molecule has 8 nitrogen and oxygen atoms in total. The highest BCUT2D eigenvalue weighted by Gasteiger charge is 2.21. The van der Waals surface area contributed by atoms with Crippen LogP contribution in [-0.4, -0.2) is 36.4 Å². The van der Waals surface area contributed by atoms with Crippen molar-refractivity contribution >= 4 is 28.5 Å². The minimum atomic E-state index is -0.526. The van der Waals surface area contributed by atoms with Gasteiger partial charge in [-0.2, -0.15) is 5.26 Å². The number of benzene rings is 2. The lowest BCUT2D eigenvalue weighted by molar-refractivity contribution is -0.112. The lowest BCUT2D eigenvalue weighted by Crippen LogP contribution is -2.13. The summed E-state index contributed by atoms with van der Waals surface area (Å²) in [6, 6.07) is 13.3. The molecule has 0 saturated heterocycles. The molecule has 1 N–H and O–H groups in total. The van der Waals surface area contributed by atoms with Crippen molar-refractivity contribution in [2.24, 2.45) is 0 Å². The molecule has 1 saturated carbocycles. The third-order valence-corrected chi connectivity index (χ3v) is 7.29. The number of aromatic nitrogens is 2. The van der Waals surface area contributed by atoms with Gasteiger partial charge in [0.05, 0.1) is 7.11 Å². The van der Waals surface area contributed by atoms with Crippen molar-refractivity contribution in [3.05, 3.63) is 63.7 Å². The van der Waals surface area contributed by atoms with Gasteiger partial charge in [0.2, 0.25) is 5.13 Å². The van der Waals surface area contributed by atoms with Crippen LogP contribution in [0.4, 0.5) is 5.13 Å². The third kappa shape index (κ3) is 7.33. The minimum absolute atomic E-state index is 0.0445. The van der Waals surface area contributed by atoms with Gasteiger partial charge >= 0.3 is 0 Å². The summed E-state index contributed by atoms with van der Waals surface area (Å²) in [5.41, 5.74) is 2.87. The average molecular weight is 533 g/mol. The van der Waals surface area contributed by atoms with Crippen LogP contribution in [0.1, 0.15) is 59.7 Å². The van der Waals surface area contributed by atoms with Crippen LogP contribution in [0, 0.1) is 25.2 Å². The van der Waals surface area contributed by atoms with Gasteiger partial charge in [0, 0.05) is 5.92 Å². The van der Waals surface area contributed by atoms with Gasteiger partial charge in [-0.3, -0.25) is 10.1 Å². The summed E-state index contributed by atoms with van der Waals surface area (Å²) in [4.78, 5) is 12.8. The summed E-state index contributed by atoms with van der Waals surface area (Å²) < 4.78 is 17.1. The van der Waals surface area contributed by atoms with E-state index in [0.717, 1.165) is 34.7 Å². The van der Waals surface area contributed by atoms with Crippen molar-refractivity contribution in [2.75, 3.05) is 25.6 Å². The first-order valence-electron chi connectivity index (χ1n) is 12.7. The minimum Gasteiger partial charge on any atom is -0.493 e. The molecule has 1 amide bonds. The first kappa shape index (κ1) is 27.1. The molecule has 38 heavy (non-hydrogen) atoms. The average Bonchev–Trinajstić information content (AvgIpc) is 3.38. The van der Waals surface area contributed by atoms with E-state index in [9.17, 15) is 10.1 Å². The number of nitrogens with zero attached hydrogens (tertiary/aromatic N) is 3. The molecule has 0 spiro atoms. The zero-order chi connectivity index (χ0) is 26.9. The fourth-order valence-electron chi connectivity index (χ4n) is 4.50. The van der Waals surface area contributed by atoms with Crippen molar-refractivity contribution in [3.8, 4) is 23.3 Å². The van der Waals surface area contributed by atoms with Crippen molar-refractivity contribution in [3.63, 3.8) is 0 Å². The van der Waals surface area contributed by atoms with Gasteiger partial charge in [-0.15, -0.1) is 10.2 Å². The van der Waals surface area contributed by atoms with Crippen molar-refractivity contribution in [1.29, 1.82) is 5.26 Å². The number of methoxy groups -OCH3 is 1. The molecule has 2 aromatic carbocycles. The van der Waals surface area contributed by atoms with Gasteiger partial charge in [-0.05, 0) is 73.7 Å². The van der Waals surface area contributed by atoms with Crippen LogP contribution in [0.15, 0.2) is 42.0 Å². The van der Waals surface area contributed by atoms with E-state index in [4.69, 9.17) is 14.2 Å². The maximum Gasteiger partial charge on any atom is 0.268 e. The van der Waals surface area contributed by atoms with Gasteiger partial charge < -0.3 is 14.2 Å². The fraction of sp³-hybridized carbons (Fsp3) is 0.379. The van der Waals surface area contributed by atoms with E-state index >= 15 is 0 Å². The highest BCUT2D eigenvalue weighted by atomic mass is 32.1. The Morgan fingerprint density at radius 1 is 1.05 bits per heavy atom. The molecule has 0 unspecified atom stereocenters. The maximum absolute atomic E-state index is 12.8. The van der Waals surface area contributed by atoms with Gasteiger partial charge in [-0.1, -0.05) is 42.7 Å². The molecule has 1 aliphatic rings. The quantitative estimate of drug-likeness (QED) is 0.188. The Morgan fingerprint density at radius 2 is 1.79 bits per heavy atom. The van der Waals surface area contributed by atoms with Crippen LogP contribution in [-0.2, 0) is 4.79 Å². The molecule has 1 aliphatic carbocycles. The first-order valence-corrected chi connectivity index (χ1v) is 13.6. The molecular weight excluding hydrogens is 500 g/mol. The summed E-state index contributed by atoms with van der Waals surface area (Å²) in [6.45, 7) is 4.77. The summed E-state index contributed by atoms with van der Waals surface area (Å²) in [7, 11) is 1.54. The highest BCUT2D eigenvalue weighted by molar-refractivity contribution is 7.15. The molecule has 0 aliphatic heterocycles. The molecule has 198 valence electrons. The number of ether oxygens (including phenoxy) is 3. The Morgan fingerprint density at radius 3 is 2.50 bits per heavy atom. The predicted octanol–water partition coefficient (Wildman–Crippen LogP) is 6.21. The molecule has 4 rings (SSSR count). The van der Waals surface area contributed by atoms with Crippen molar-refractivity contribution in [2.45, 2.75) is 51.9 Å². The number of rotatable bonds is 10. The zero-order valence-electron chi connectivity index (χ0n) is 22.0. The smallest absolute Gasteiger partial charge is 0.268 e. The number of aryl methyl sites for hydroxylation is 2. The molecule has 0 radical (unpaired) electrons. The van der Waals surface area contributed by atoms with E-state index in [0.29, 0.717) is 41.3 Å². The number of carbonyl (C=O) groups excluding carboxylic acids is 1. The summed E-state index contributed by atoms with van der Waals surface area (Å²) in [5.74, 6) is 1.72. The van der Waals surface area contributed by atoms with Gasteiger partial charge in [0.25, 0.3) is 5.91 Å². The second kappa shape index (κ2) is 13.1. The zero-order valence-corrected chi connectivity index (χ0v) is 22.8. The Hall–Kier alpha value is -3.90. The SMILES string of the molecule is COc1cc(/C=C(/C#N)C(=O)Nc2nnc(C3CCCCC3)s2)ccc1OCCOc1cc(C)cc(C)c1. The van der Waals surface area contributed by atoms with E-state index in [1.807, 2.05) is 32.0 Å². The van der Waals surface area contributed by atoms with Crippen LogP contribution in [0.2, 0.25) is 0 Å². The summed E-state index contributed by atoms with van der Waals surface area (Å²) in [6.07, 6.45) is 7.37. The number of carbonyl (C=O) groups is 1. The molecule has 1 heterocycles. The standard InChI is InChI=1S/C29H32N4O4S/c1-19-13-20(2)15-24(14-19)36-11-12-37-25-10-9-21(17-26(25)35-3)16-23(18-30)27(34)31-29-33-32-28(38-29)22-7-5-4-6-8-22/h9-10,13-17,22H,4-8,11-12H2,1-3H3,(H,31,33,34)/b23-16-. The number of anilines is 1. The van der Waals surface area contributed by atoms with Gasteiger partial charge in [0.15, 0.2) is 11.5 Å². The highest BCUT2D eigenvalue weighted by Crippen LogP contribution is 2.35. The normalized spacial score (nSPS) is 14.0. The number of hydrogen-bond donors (Lipinski definition) is 1. The monoisotopic (exact) mass is 532 g/mol. The molecule has 0 atom stereocenters. The summed E-state index contributed by atoms with van der Waals surface area (Å²) >= 11 is 1.38. The summed E-state index contributed by atoms with van der Waals surface area (Å²) in [5, 5.41) is 22.1.